The summed E-state index contributed by atoms with van der Waals surface area (Å²) in [5.74, 6) is -3.41. The number of sulfone groups is 1. The van der Waals surface area contributed by atoms with E-state index in [1.807, 2.05) is 6.92 Å². The Morgan fingerprint density at radius 1 is 1.33 bits per heavy atom. The highest BCUT2D eigenvalue weighted by molar-refractivity contribution is 7.91. The number of halogens is 2. The lowest BCUT2D eigenvalue weighted by Crippen LogP contribution is -2.65. The van der Waals surface area contributed by atoms with Crippen molar-refractivity contribution >= 4 is 15.5 Å². The van der Waals surface area contributed by atoms with Crippen LogP contribution in [0.5, 0.6) is 0 Å². The molecule has 2 rings (SSSR count). The van der Waals surface area contributed by atoms with Crippen LogP contribution in [-0.2, 0) is 9.84 Å². The molecule has 1 aliphatic rings. The maximum absolute atomic E-state index is 12.6. The van der Waals surface area contributed by atoms with Gasteiger partial charge < -0.3 is 10.6 Å². The van der Waals surface area contributed by atoms with Crippen LogP contribution < -0.4 is 10.6 Å². The van der Waals surface area contributed by atoms with E-state index in [0.717, 1.165) is 0 Å². The Bertz CT molecular complexity index is 550. The molecule has 18 heavy (non-hydrogen) atoms. The fourth-order valence-electron chi connectivity index (χ4n) is 2.05. The Morgan fingerprint density at radius 2 is 1.89 bits per heavy atom. The van der Waals surface area contributed by atoms with E-state index in [4.69, 9.17) is 5.73 Å². The van der Waals surface area contributed by atoms with Gasteiger partial charge in [-0.05, 0) is 19.1 Å². The fourth-order valence-corrected chi connectivity index (χ4v) is 3.00. The summed E-state index contributed by atoms with van der Waals surface area (Å²) in [5, 5.41) is 0. The second-order valence-corrected chi connectivity index (χ2v) is 6.67. The highest BCUT2D eigenvalue weighted by Crippen LogP contribution is 2.33. The predicted octanol–water partition coefficient (Wildman–Crippen LogP) is 1.22. The number of hydrogen-bond donors (Lipinski definition) is 1. The summed E-state index contributed by atoms with van der Waals surface area (Å²) in [7, 11) is -4.58. The van der Waals surface area contributed by atoms with Crippen LogP contribution in [0, 0.1) is 0 Å². The monoisotopic (exact) mass is 276 g/mol. The average molecular weight is 276 g/mol. The molecule has 1 heterocycles. The highest BCUT2D eigenvalue weighted by Gasteiger charge is 2.38. The summed E-state index contributed by atoms with van der Waals surface area (Å²) in [6.07, 6.45) is 0. The zero-order valence-electron chi connectivity index (χ0n) is 9.81. The van der Waals surface area contributed by atoms with Gasteiger partial charge in [-0.3, -0.25) is 0 Å². The van der Waals surface area contributed by atoms with Crippen molar-refractivity contribution in [2.75, 3.05) is 18.0 Å². The minimum Gasteiger partial charge on any atom is -0.367 e. The van der Waals surface area contributed by atoms with Gasteiger partial charge in [0.15, 0.2) is 0 Å². The first-order valence-corrected chi connectivity index (χ1v) is 6.94. The van der Waals surface area contributed by atoms with Crippen LogP contribution in [0.2, 0.25) is 0 Å². The van der Waals surface area contributed by atoms with Gasteiger partial charge in [-0.15, -0.1) is 0 Å². The zero-order valence-corrected chi connectivity index (χ0v) is 10.6. The van der Waals surface area contributed by atoms with E-state index in [-0.39, 0.29) is 4.90 Å². The third kappa shape index (κ3) is 2.20. The molecule has 0 atom stereocenters. The smallest absolute Gasteiger partial charge is 0.341 e. The van der Waals surface area contributed by atoms with Gasteiger partial charge >= 0.3 is 5.76 Å². The molecule has 0 spiro atoms. The van der Waals surface area contributed by atoms with E-state index >= 15 is 0 Å². The average Bonchev–Trinajstić information content (AvgIpc) is 2.25. The number of alkyl halides is 2. The summed E-state index contributed by atoms with van der Waals surface area (Å²) in [6.45, 7) is 2.72. The maximum Gasteiger partial charge on any atom is 0.341 e. The molecule has 1 saturated heterocycles. The lowest BCUT2D eigenvalue weighted by Gasteiger charge is -2.47. The molecule has 4 nitrogen and oxygen atoms in total. The molecule has 0 amide bonds. The number of para-hydroxylation sites is 1. The van der Waals surface area contributed by atoms with Crippen LogP contribution in [-0.4, -0.2) is 32.8 Å². The van der Waals surface area contributed by atoms with E-state index in [2.05, 4.69) is 0 Å². The lowest BCUT2D eigenvalue weighted by atomic mass is 9.93. The summed E-state index contributed by atoms with van der Waals surface area (Å²) < 4.78 is 48.3. The van der Waals surface area contributed by atoms with Gasteiger partial charge in [0.05, 0.1) is 10.6 Å². The molecule has 1 fully saturated rings. The first kappa shape index (κ1) is 13.2. The number of nitrogens with zero attached hydrogens (tertiary/aromatic N) is 1. The van der Waals surface area contributed by atoms with Crippen LogP contribution in [0.15, 0.2) is 29.2 Å². The first-order valence-electron chi connectivity index (χ1n) is 5.39. The summed E-state index contributed by atoms with van der Waals surface area (Å²) >= 11 is 0. The van der Waals surface area contributed by atoms with Gasteiger partial charge in [-0.1, -0.05) is 12.1 Å². The predicted molar refractivity (Wildman–Crippen MR) is 64.4 cm³/mol. The van der Waals surface area contributed by atoms with Gasteiger partial charge in [-0.25, -0.2) is 8.42 Å². The van der Waals surface area contributed by atoms with Gasteiger partial charge in [0.1, 0.15) is 0 Å². The molecule has 1 aromatic rings. The Morgan fingerprint density at radius 3 is 2.39 bits per heavy atom. The van der Waals surface area contributed by atoms with Crippen molar-refractivity contribution in [3.8, 4) is 0 Å². The zero-order chi connectivity index (χ0) is 13.6. The number of anilines is 1. The molecule has 1 aromatic carbocycles. The first-order chi connectivity index (χ1) is 8.24. The van der Waals surface area contributed by atoms with E-state index in [0.29, 0.717) is 18.8 Å². The van der Waals surface area contributed by atoms with E-state index in [9.17, 15) is 17.2 Å². The second-order valence-electron chi connectivity index (χ2n) is 4.78. The topological polar surface area (TPSA) is 63.4 Å². The lowest BCUT2D eigenvalue weighted by molar-refractivity contribution is 0.234. The maximum atomic E-state index is 12.6. The van der Waals surface area contributed by atoms with Crippen molar-refractivity contribution in [1.82, 2.24) is 0 Å². The highest BCUT2D eigenvalue weighted by atomic mass is 32.2. The van der Waals surface area contributed by atoms with Crippen molar-refractivity contribution < 1.29 is 17.2 Å². The SMILES string of the molecule is CC1(N)CN(c2ccccc2S(=O)(=O)C(F)F)C1. The molecule has 0 radical (unpaired) electrons. The number of nitrogens with two attached hydrogens (primary N) is 1. The molecular weight excluding hydrogens is 262 g/mol. The van der Waals surface area contributed by atoms with Crippen LogP contribution in [0.4, 0.5) is 14.5 Å². The molecule has 1 aliphatic heterocycles. The molecule has 100 valence electrons. The Labute approximate surface area is 104 Å². The third-order valence-corrected chi connectivity index (χ3v) is 4.28. The normalized spacial score (nSPS) is 18.8. The molecule has 7 heteroatoms. The van der Waals surface area contributed by atoms with Crippen molar-refractivity contribution in [3.63, 3.8) is 0 Å². The van der Waals surface area contributed by atoms with Crippen molar-refractivity contribution in [1.29, 1.82) is 0 Å². The molecule has 2 N–H and O–H groups in total. The summed E-state index contributed by atoms with van der Waals surface area (Å²) in [6, 6.07) is 5.76. The largest absolute Gasteiger partial charge is 0.367 e. The van der Waals surface area contributed by atoms with Crippen molar-refractivity contribution in [3.05, 3.63) is 24.3 Å². The third-order valence-electron chi connectivity index (χ3n) is 2.85. The standard InChI is InChI=1S/C11H14F2N2O2S/c1-11(14)6-15(7-11)8-4-2-3-5-9(8)18(16,17)10(12)13/h2-5,10H,6-7,14H2,1H3. The Hall–Kier alpha value is -1.21. The Kier molecular flexibility index (Phi) is 3.06. The van der Waals surface area contributed by atoms with Crippen molar-refractivity contribution in [2.45, 2.75) is 23.1 Å². The van der Waals surface area contributed by atoms with Crippen molar-refractivity contribution in [2.24, 2.45) is 5.73 Å². The molecular formula is C11H14F2N2O2S. The molecule has 0 aliphatic carbocycles. The van der Waals surface area contributed by atoms with E-state index in [1.54, 1.807) is 11.0 Å². The van der Waals surface area contributed by atoms with Crippen LogP contribution in [0.25, 0.3) is 0 Å². The van der Waals surface area contributed by atoms with Gasteiger partial charge in [-0.2, -0.15) is 8.78 Å². The molecule has 0 saturated carbocycles. The molecule has 0 bridgehead atoms. The van der Waals surface area contributed by atoms with E-state index < -0.39 is 21.1 Å². The molecule has 0 unspecified atom stereocenters. The molecule has 0 aromatic heterocycles. The fraction of sp³-hybridized carbons (Fsp3) is 0.455. The number of benzene rings is 1. The summed E-state index contributed by atoms with van der Waals surface area (Å²) in [4.78, 5) is 1.35. The van der Waals surface area contributed by atoms with Crippen LogP contribution in [0.1, 0.15) is 6.92 Å². The van der Waals surface area contributed by atoms with Gasteiger partial charge in [0, 0.05) is 18.6 Å². The van der Waals surface area contributed by atoms with Crippen LogP contribution in [0.3, 0.4) is 0 Å². The second kappa shape index (κ2) is 4.17. The van der Waals surface area contributed by atoms with E-state index in [1.165, 1.54) is 18.2 Å². The Balaban J connectivity index is 2.40. The van der Waals surface area contributed by atoms with Gasteiger partial charge in [0.25, 0.3) is 0 Å². The van der Waals surface area contributed by atoms with Gasteiger partial charge in [0.2, 0.25) is 9.84 Å². The van der Waals surface area contributed by atoms with Crippen LogP contribution >= 0.6 is 0 Å². The number of rotatable bonds is 3. The minimum atomic E-state index is -4.58. The number of hydrogen-bond acceptors (Lipinski definition) is 4. The minimum absolute atomic E-state index is 0.292. The summed E-state index contributed by atoms with van der Waals surface area (Å²) in [5.41, 5.74) is 5.72. The quantitative estimate of drug-likeness (QED) is 0.901.